The van der Waals surface area contributed by atoms with Crippen molar-refractivity contribution in [3.63, 3.8) is 0 Å². The van der Waals surface area contributed by atoms with Gasteiger partial charge in [0.05, 0.1) is 19.7 Å². The van der Waals surface area contributed by atoms with Crippen LogP contribution in [-0.4, -0.2) is 109 Å². The highest BCUT2D eigenvalue weighted by molar-refractivity contribution is 5.99. The van der Waals surface area contributed by atoms with Crippen LogP contribution in [0.5, 0.6) is 5.75 Å². The molecule has 2 amide bonds. The summed E-state index contributed by atoms with van der Waals surface area (Å²) in [7, 11) is 0. The topological polar surface area (TPSA) is 132 Å². The van der Waals surface area contributed by atoms with Crippen LogP contribution >= 0.6 is 0 Å². The van der Waals surface area contributed by atoms with Crippen LogP contribution in [0.15, 0.2) is 24.3 Å². The predicted octanol–water partition coefficient (Wildman–Crippen LogP) is 2.25. The first kappa shape index (κ1) is 30.9. The number of esters is 2. The minimum atomic E-state index is -0.951. The first-order valence-corrected chi connectivity index (χ1v) is 13.7. The average molecular weight is 562 g/mol. The molecule has 0 saturated carbocycles. The molecule has 0 aliphatic carbocycles. The molecule has 1 aromatic rings. The predicted molar refractivity (Wildman–Crippen MR) is 143 cm³/mol. The second-order valence-electron chi connectivity index (χ2n) is 9.88. The molecule has 40 heavy (non-hydrogen) atoms. The SMILES string of the molecule is CCCCOC(=O)COc1ccc(C(=O)CN2CCN(C3CCN(C(=O)OC(C)OC(C)=O)CC3)CC2=O)cc1. The number of carbonyl (C=O) groups is 5. The van der Waals surface area contributed by atoms with Crippen LogP contribution in [0.25, 0.3) is 0 Å². The number of unbranched alkanes of at least 4 members (excludes halogenated alkanes) is 1. The van der Waals surface area contributed by atoms with Gasteiger partial charge in [0.1, 0.15) is 5.75 Å². The van der Waals surface area contributed by atoms with Crippen LogP contribution in [0.4, 0.5) is 4.79 Å². The van der Waals surface area contributed by atoms with Crippen molar-refractivity contribution in [3.8, 4) is 5.75 Å². The monoisotopic (exact) mass is 561 g/mol. The van der Waals surface area contributed by atoms with Crippen molar-refractivity contribution < 1.29 is 42.9 Å². The van der Waals surface area contributed by atoms with Crippen molar-refractivity contribution in [3.05, 3.63) is 29.8 Å². The summed E-state index contributed by atoms with van der Waals surface area (Å²) in [6.45, 7) is 7.14. The van der Waals surface area contributed by atoms with Crippen molar-refractivity contribution in [1.29, 1.82) is 0 Å². The summed E-state index contributed by atoms with van der Waals surface area (Å²) >= 11 is 0. The van der Waals surface area contributed by atoms with E-state index >= 15 is 0 Å². The smallest absolute Gasteiger partial charge is 0.412 e. The average Bonchev–Trinajstić information content (AvgIpc) is 2.93. The van der Waals surface area contributed by atoms with E-state index in [1.807, 2.05) is 6.92 Å². The summed E-state index contributed by atoms with van der Waals surface area (Å²) in [4.78, 5) is 65.8. The fraction of sp³-hybridized carbons (Fsp3) is 0.607. The highest BCUT2D eigenvalue weighted by atomic mass is 16.7. The molecule has 12 nitrogen and oxygen atoms in total. The molecule has 0 bridgehead atoms. The van der Waals surface area contributed by atoms with Gasteiger partial charge in [-0.15, -0.1) is 0 Å². The zero-order valence-electron chi connectivity index (χ0n) is 23.5. The van der Waals surface area contributed by atoms with Crippen molar-refractivity contribution in [2.45, 2.75) is 58.8 Å². The number of ether oxygens (including phenoxy) is 4. The quantitative estimate of drug-likeness (QED) is 0.162. The lowest BCUT2D eigenvalue weighted by Gasteiger charge is -2.42. The number of Topliss-reactive ketones (excluding diaryl/α,β-unsaturated/α-hetero) is 1. The van der Waals surface area contributed by atoms with E-state index < -0.39 is 24.3 Å². The van der Waals surface area contributed by atoms with Gasteiger partial charge < -0.3 is 28.7 Å². The van der Waals surface area contributed by atoms with Crippen molar-refractivity contribution in [2.24, 2.45) is 0 Å². The molecule has 0 radical (unpaired) electrons. The maximum absolute atomic E-state index is 12.8. The molecule has 0 aromatic heterocycles. The van der Waals surface area contributed by atoms with Crippen molar-refractivity contribution in [1.82, 2.24) is 14.7 Å². The Morgan fingerprint density at radius 2 is 1.70 bits per heavy atom. The lowest BCUT2D eigenvalue weighted by molar-refractivity contribution is -0.163. The lowest BCUT2D eigenvalue weighted by atomic mass is 10.0. The number of rotatable bonds is 12. The van der Waals surface area contributed by atoms with Gasteiger partial charge in [-0.2, -0.15) is 0 Å². The van der Waals surface area contributed by atoms with E-state index in [1.54, 1.807) is 34.1 Å². The van der Waals surface area contributed by atoms with Gasteiger partial charge in [0.2, 0.25) is 12.2 Å². The first-order valence-electron chi connectivity index (χ1n) is 13.7. The third-order valence-electron chi connectivity index (χ3n) is 6.81. The third-order valence-corrected chi connectivity index (χ3v) is 6.81. The fourth-order valence-electron chi connectivity index (χ4n) is 4.61. The van der Waals surface area contributed by atoms with E-state index in [1.165, 1.54) is 13.8 Å². The highest BCUT2D eigenvalue weighted by Crippen LogP contribution is 2.20. The Hall–Kier alpha value is -3.67. The molecule has 2 aliphatic rings. The number of nitrogens with zero attached hydrogens (tertiary/aromatic N) is 3. The molecular weight excluding hydrogens is 522 g/mol. The van der Waals surface area contributed by atoms with E-state index in [0.29, 0.717) is 56.9 Å². The summed E-state index contributed by atoms with van der Waals surface area (Å²) in [5, 5.41) is 0. The number of ketones is 1. The Balaban J connectivity index is 1.39. The van der Waals surface area contributed by atoms with Gasteiger partial charge in [-0.3, -0.25) is 19.3 Å². The van der Waals surface area contributed by atoms with E-state index in [0.717, 1.165) is 12.8 Å². The van der Waals surface area contributed by atoms with E-state index in [4.69, 9.17) is 18.9 Å². The molecule has 1 unspecified atom stereocenters. The van der Waals surface area contributed by atoms with E-state index in [2.05, 4.69) is 4.90 Å². The lowest BCUT2D eigenvalue weighted by Crippen LogP contribution is -2.56. The Labute approximate surface area is 234 Å². The molecule has 2 saturated heterocycles. The zero-order valence-corrected chi connectivity index (χ0v) is 23.5. The number of benzene rings is 1. The molecule has 2 fully saturated rings. The maximum atomic E-state index is 12.8. The first-order chi connectivity index (χ1) is 19.2. The van der Waals surface area contributed by atoms with Gasteiger partial charge in [0, 0.05) is 51.6 Å². The summed E-state index contributed by atoms with van der Waals surface area (Å²) in [5.41, 5.74) is 0.454. The normalized spacial score (nSPS) is 17.2. The molecule has 1 aromatic carbocycles. The summed E-state index contributed by atoms with van der Waals surface area (Å²) in [6, 6.07) is 6.61. The summed E-state index contributed by atoms with van der Waals surface area (Å²) < 4.78 is 20.4. The molecule has 0 spiro atoms. The third kappa shape index (κ3) is 9.51. The Bertz CT molecular complexity index is 1040. The van der Waals surface area contributed by atoms with Crippen molar-refractivity contribution >= 4 is 29.7 Å². The van der Waals surface area contributed by atoms with E-state index in [9.17, 15) is 24.0 Å². The molecule has 12 heteroatoms. The van der Waals surface area contributed by atoms with Gasteiger partial charge in [0.15, 0.2) is 12.4 Å². The van der Waals surface area contributed by atoms with Crippen LogP contribution in [0.3, 0.4) is 0 Å². The van der Waals surface area contributed by atoms with Gasteiger partial charge in [-0.05, 0) is 43.5 Å². The van der Waals surface area contributed by atoms with Crippen LogP contribution in [0.1, 0.15) is 56.8 Å². The Morgan fingerprint density at radius 3 is 2.33 bits per heavy atom. The largest absolute Gasteiger partial charge is 0.482 e. The molecule has 0 N–H and O–H groups in total. The van der Waals surface area contributed by atoms with Crippen LogP contribution < -0.4 is 4.74 Å². The number of likely N-dealkylation sites (tertiary alicyclic amines) is 1. The van der Waals surface area contributed by atoms with Gasteiger partial charge >= 0.3 is 18.0 Å². The number of piperazine rings is 1. The molecule has 1 atom stereocenters. The summed E-state index contributed by atoms with van der Waals surface area (Å²) in [5.74, 6) is -0.803. The molecule has 220 valence electrons. The van der Waals surface area contributed by atoms with Gasteiger partial charge in [0.25, 0.3) is 0 Å². The minimum absolute atomic E-state index is 0.0125. The minimum Gasteiger partial charge on any atom is -0.482 e. The second kappa shape index (κ2) is 15.2. The molecule has 2 aliphatic heterocycles. The van der Waals surface area contributed by atoms with Gasteiger partial charge in [-0.1, -0.05) is 13.3 Å². The fourth-order valence-corrected chi connectivity index (χ4v) is 4.61. The molecule has 2 heterocycles. The number of piperidine rings is 1. The summed E-state index contributed by atoms with van der Waals surface area (Å²) in [6.07, 6.45) is 1.63. The zero-order chi connectivity index (χ0) is 29.1. The van der Waals surface area contributed by atoms with Crippen molar-refractivity contribution in [2.75, 3.05) is 52.5 Å². The van der Waals surface area contributed by atoms with Crippen LogP contribution in [0.2, 0.25) is 0 Å². The number of hydrogen-bond acceptors (Lipinski definition) is 10. The molecular formula is C28H39N3O9. The maximum Gasteiger partial charge on any atom is 0.412 e. The van der Waals surface area contributed by atoms with Crippen LogP contribution in [0, 0.1) is 0 Å². The number of amides is 2. The van der Waals surface area contributed by atoms with Crippen LogP contribution in [-0.2, 0) is 28.6 Å². The Kier molecular flexibility index (Phi) is 11.7. The standard InChI is InChI=1S/C28H39N3O9/c1-4-5-16-37-27(35)19-38-24-8-6-22(7-9-24)25(33)17-31-15-14-30(18-26(31)34)23-10-12-29(13-11-23)28(36)40-21(3)39-20(2)32/h6-9,21,23H,4-5,10-19H2,1-3H3. The second-order valence-corrected chi connectivity index (χ2v) is 9.88. The van der Waals surface area contributed by atoms with E-state index in [-0.39, 0.29) is 37.4 Å². The number of hydrogen-bond donors (Lipinski definition) is 0. The highest BCUT2D eigenvalue weighted by Gasteiger charge is 2.33. The number of carbonyl (C=O) groups excluding carboxylic acids is 5. The van der Waals surface area contributed by atoms with Gasteiger partial charge in [-0.25, -0.2) is 9.59 Å². The Morgan fingerprint density at radius 1 is 1.00 bits per heavy atom. The molecule has 3 rings (SSSR count).